The fourth-order valence-corrected chi connectivity index (χ4v) is 2.24. The van der Waals surface area contributed by atoms with Crippen molar-refractivity contribution < 1.29 is 24.7 Å². The highest BCUT2D eigenvalue weighted by molar-refractivity contribution is 6.00. The van der Waals surface area contributed by atoms with Crippen LogP contribution in [-0.4, -0.2) is 50.6 Å². The number of nitro groups is 1. The van der Waals surface area contributed by atoms with E-state index in [1.165, 1.54) is 24.3 Å². The third kappa shape index (κ3) is 2.45. The van der Waals surface area contributed by atoms with Crippen LogP contribution in [0.4, 0.5) is 5.69 Å². The van der Waals surface area contributed by atoms with Gasteiger partial charge in [0.1, 0.15) is 11.6 Å². The molecule has 1 aliphatic heterocycles. The number of carbonyl (C=O) groups is 2. The van der Waals surface area contributed by atoms with E-state index in [0.717, 1.165) is 4.90 Å². The summed E-state index contributed by atoms with van der Waals surface area (Å²) in [7, 11) is 0. The molecule has 1 saturated heterocycles. The molecule has 1 heterocycles. The van der Waals surface area contributed by atoms with Gasteiger partial charge in [0.15, 0.2) is 0 Å². The maximum Gasteiger partial charge on any atom is 0.326 e. The first kappa shape index (κ1) is 13.9. The maximum absolute atomic E-state index is 12.3. The number of rotatable bonds is 3. The van der Waals surface area contributed by atoms with Gasteiger partial charge in [0.05, 0.1) is 11.0 Å². The van der Waals surface area contributed by atoms with Gasteiger partial charge in [-0.15, -0.1) is 0 Å². The minimum atomic E-state index is -1.24. The molecule has 2 atom stereocenters. The molecule has 8 nitrogen and oxygen atoms in total. The first-order chi connectivity index (χ1) is 9.41. The largest absolute Gasteiger partial charge is 0.480 e. The Kier molecular flexibility index (Phi) is 3.66. The fraction of sp³-hybridized carbons (Fsp3) is 0.333. The van der Waals surface area contributed by atoms with Gasteiger partial charge < -0.3 is 15.1 Å². The van der Waals surface area contributed by atoms with E-state index in [0.29, 0.717) is 0 Å². The van der Waals surface area contributed by atoms with Crippen LogP contribution in [0.5, 0.6) is 0 Å². The maximum atomic E-state index is 12.3. The zero-order chi connectivity index (χ0) is 14.9. The monoisotopic (exact) mass is 280 g/mol. The van der Waals surface area contributed by atoms with Crippen LogP contribution in [0.25, 0.3) is 0 Å². The lowest BCUT2D eigenvalue weighted by Crippen LogP contribution is -2.40. The van der Waals surface area contributed by atoms with Gasteiger partial charge in [-0.3, -0.25) is 14.9 Å². The Morgan fingerprint density at radius 3 is 2.60 bits per heavy atom. The van der Waals surface area contributed by atoms with Gasteiger partial charge in [0.25, 0.3) is 11.6 Å². The number of amides is 1. The number of carboxylic acid groups (broad SMARTS) is 1. The molecule has 8 heteroatoms. The number of benzene rings is 1. The Bertz CT molecular complexity index is 573. The van der Waals surface area contributed by atoms with Crippen LogP contribution in [0.1, 0.15) is 16.8 Å². The molecule has 1 fully saturated rings. The summed E-state index contributed by atoms with van der Waals surface area (Å²) in [6.45, 7) is -0.151. The van der Waals surface area contributed by atoms with Crippen molar-refractivity contribution in [1.29, 1.82) is 0 Å². The Morgan fingerprint density at radius 1 is 1.35 bits per heavy atom. The first-order valence-electron chi connectivity index (χ1n) is 5.87. The Labute approximate surface area is 113 Å². The molecule has 0 radical (unpaired) electrons. The second-order valence-electron chi connectivity index (χ2n) is 4.48. The fourth-order valence-electron chi connectivity index (χ4n) is 2.24. The van der Waals surface area contributed by atoms with Crippen molar-refractivity contribution in [2.45, 2.75) is 18.6 Å². The van der Waals surface area contributed by atoms with Gasteiger partial charge in [-0.1, -0.05) is 12.1 Å². The lowest BCUT2D eigenvalue weighted by molar-refractivity contribution is -0.385. The number of β-amino-alcohol motifs (C(OH)–C–C–N with tert-alkyl or cyclic N) is 1. The van der Waals surface area contributed by atoms with Crippen LogP contribution in [0.2, 0.25) is 0 Å². The number of para-hydroxylation sites is 1. The molecule has 0 aliphatic carbocycles. The first-order valence-corrected chi connectivity index (χ1v) is 5.87. The number of carboxylic acids is 1. The third-order valence-corrected chi connectivity index (χ3v) is 3.16. The van der Waals surface area contributed by atoms with Crippen molar-refractivity contribution in [3.05, 3.63) is 39.9 Å². The average Bonchev–Trinajstić information content (AvgIpc) is 2.80. The van der Waals surface area contributed by atoms with E-state index in [9.17, 15) is 24.8 Å². The highest BCUT2D eigenvalue weighted by Gasteiger charge is 2.40. The van der Waals surface area contributed by atoms with E-state index in [1.807, 2.05) is 0 Å². The number of nitro benzene ring substituents is 1. The van der Waals surface area contributed by atoms with Crippen molar-refractivity contribution >= 4 is 17.6 Å². The summed E-state index contributed by atoms with van der Waals surface area (Å²) < 4.78 is 0. The number of aliphatic carboxylic acids is 1. The molecule has 106 valence electrons. The minimum Gasteiger partial charge on any atom is -0.480 e. The molecule has 2 N–H and O–H groups in total. The molecule has 1 aromatic carbocycles. The number of nitrogens with zero attached hydrogens (tertiary/aromatic N) is 2. The summed E-state index contributed by atoms with van der Waals surface area (Å²) in [5, 5.41) is 29.4. The molecular formula is C12H12N2O6. The highest BCUT2D eigenvalue weighted by atomic mass is 16.6. The van der Waals surface area contributed by atoms with E-state index < -0.39 is 28.9 Å². The van der Waals surface area contributed by atoms with Gasteiger partial charge in [0.2, 0.25) is 0 Å². The molecule has 0 unspecified atom stereocenters. The van der Waals surface area contributed by atoms with E-state index in [1.54, 1.807) is 0 Å². The Morgan fingerprint density at radius 2 is 2.00 bits per heavy atom. The minimum absolute atomic E-state index is 0.0816. The van der Waals surface area contributed by atoms with E-state index in [2.05, 4.69) is 0 Å². The summed E-state index contributed by atoms with van der Waals surface area (Å²) in [5.41, 5.74) is -0.569. The van der Waals surface area contributed by atoms with Crippen LogP contribution >= 0.6 is 0 Å². The molecular weight excluding hydrogens is 268 g/mol. The lowest BCUT2D eigenvalue weighted by atomic mass is 10.1. The van der Waals surface area contributed by atoms with Gasteiger partial charge in [-0.2, -0.15) is 0 Å². The molecule has 1 amide bonds. The second-order valence-corrected chi connectivity index (χ2v) is 4.48. The summed E-state index contributed by atoms with van der Waals surface area (Å²) in [6, 6.07) is 4.15. The molecule has 20 heavy (non-hydrogen) atoms. The van der Waals surface area contributed by atoms with E-state index in [-0.39, 0.29) is 24.2 Å². The number of aliphatic hydroxyl groups is 1. The van der Waals surface area contributed by atoms with Gasteiger partial charge >= 0.3 is 5.97 Å². The number of aliphatic hydroxyl groups excluding tert-OH is 1. The second kappa shape index (κ2) is 5.25. The van der Waals surface area contributed by atoms with Crippen LogP contribution < -0.4 is 0 Å². The van der Waals surface area contributed by atoms with Crippen LogP contribution in [-0.2, 0) is 4.79 Å². The quantitative estimate of drug-likeness (QED) is 0.605. The molecule has 0 bridgehead atoms. The number of carbonyl (C=O) groups excluding carboxylic acids is 1. The standard InChI is InChI=1S/C12H12N2O6/c15-7-5-10(12(17)18)13(6-7)11(16)8-3-1-2-4-9(8)14(19)20/h1-4,7,10,15H,5-6H2,(H,17,18)/t7-,10+/m1/s1. The van der Waals surface area contributed by atoms with Crippen LogP contribution in [0, 0.1) is 10.1 Å². The van der Waals surface area contributed by atoms with Gasteiger partial charge in [-0.05, 0) is 6.07 Å². The van der Waals surface area contributed by atoms with Crippen molar-refractivity contribution in [3.8, 4) is 0 Å². The van der Waals surface area contributed by atoms with Crippen LogP contribution in [0.15, 0.2) is 24.3 Å². The molecule has 0 spiro atoms. The molecule has 1 aliphatic rings. The van der Waals surface area contributed by atoms with Crippen molar-refractivity contribution in [1.82, 2.24) is 4.90 Å². The van der Waals surface area contributed by atoms with Gasteiger partial charge in [0, 0.05) is 19.0 Å². The van der Waals surface area contributed by atoms with Gasteiger partial charge in [-0.25, -0.2) is 4.79 Å². The van der Waals surface area contributed by atoms with E-state index >= 15 is 0 Å². The predicted octanol–water partition coefficient (Wildman–Crippen LogP) is 0.255. The Hall–Kier alpha value is -2.48. The van der Waals surface area contributed by atoms with Crippen molar-refractivity contribution in [2.75, 3.05) is 6.54 Å². The molecule has 0 saturated carbocycles. The van der Waals surface area contributed by atoms with Crippen molar-refractivity contribution in [3.63, 3.8) is 0 Å². The normalized spacial score (nSPS) is 21.8. The van der Waals surface area contributed by atoms with E-state index in [4.69, 9.17) is 5.11 Å². The SMILES string of the molecule is O=C(O)[C@@H]1C[C@@H](O)CN1C(=O)c1ccccc1[N+](=O)[O-]. The number of likely N-dealkylation sites (tertiary alicyclic amines) is 1. The molecule has 0 aromatic heterocycles. The molecule has 1 aromatic rings. The summed E-state index contributed by atoms with van der Waals surface area (Å²) in [5.74, 6) is -2.00. The smallest absolute Gasteiger partial charge is 0.326 e. The van der Waals surface area contributed by atoms with Crippen molar-refractivity contribution in [2.24, 2.45) is 0 Å². The zero-order valence-electron chi connectivity index (χ0n) is 10.3. The lowest BCUT2D eigenvalue weighted by Gasteiger charge is -2.20. The van der Waals surface area contributed by atoms with Crippen LogP contribution in [0.3, 0.4) is 0 Å². The topological polar surface area (TPSA) is 121 Å². The summed E-state index contributed by atoms with van der Waals surface area (Å²) in [6.07, 6.45) is -1.02. The predicted molar refractivity (Wildman–Crippen MR) is 66.2 cm³/mol. The molecule has 2 rings (SSSR count). The Balaban J connectivity index is 2.36. The summed E-state index contributed by atoms with van der Waals surface area (Å²) >= 11 is 0. The average molecular weight is 280 g/mol. The number of hydrogen-bond acceptors (Lipinski definition) is 5. The zero-order valence-corrected chi connectivity index (χ0v) is 10.3. The number of hydrogen-bond donors (Lipinski definition) is 2. The highest BCUT2D eigenvalue weighted by Crippen LogP contribution is 2.25. The third-order valence-electron chi connectivity index (χ3n) is 3.16. The summed E-state index contributed by atoms with van der Waals surface area (Å²) in [4.78, 5) is 34.5.